The molecule has 256 valence electrons. The van der Waals surface area contributed by atoms with E-state index in [1.807, 2.05) is 118 Å². The summed E-state index contributed by atoms with van der Waals surface area (Å²) < 4.78 is 18.0. The molecule has 1 aliphatic heterocycles. The molecule has 1 aliphatic rings. The van der Waals surface area contributed by atoms with E-state index in [4.69, 9.17) is 24.3 Å². The molecule has 0 aromatic heterocycles. The number of esters is 1. The van der Waals surface area contributed by atoms with E-state index in [2.05, 4.69) is 17.4 Å². The Morgan fingerprint density at radius 1 is 0.837 bits per heavy atom. The summed E-state index contributed by atoms with van der Waals surface area (Å²) in [7, 11) is 0. The number of hydrogen-bond donors (Lipinski definition) is 2. The lowest BCUT2D eigenvalue weighted by Crippen LogP contribution is -2.49. The number of aliphatic imine (C=N–C) groups is 1. The van der Waals surface area contributed by atoms with Crippen LogP contribution in [0.4, 0.5) is 0 Å². The molecule has 4 aromatic carbocycles. The van der Waals surface area contributed by atoms with Crippen LogP contribution in [-0.4, -0.2) is 53.8 Å². The molecule has 0 saturated carbocycles. The van der Waals surface area contributed by atoms with E-state index in [0.717, 1.165) is 29.5 Å². The van der Waals surface area contributed by atoms with Crippen molar-refractivity contribution in [3.63, 3.8) is 0 Å². The Bertz CT molecular complexity index is 1680. The van der Waals surface area contributed by atoms with Gasteiger partial charge in [-0.1, -0.05) is 84.9 Å². The first-order valence-electron chi connectivity index (χ1n) is 17.0. The predicted octanol–water partition coefficient (Wildman–Crippen LogP) is 7.24. The zero-order valence-electron chi connectivity index (χ0n) is 28.6. The number of aliphatic hydroxyl groups excluding tert-OH is 1. The van der Waals surface area contributed by atoms with Crippen LogP contribution in [-0.2, 0) is 25.5 Å². The number of hydrogen-bond acceptors (Lipinski definition) is 7. The molecule has 0 bridgehead atoms. The second kappa shape index (κ2) is 16.4. The first-order chi connectivity index (χ1) is 23.7. The second-order valence-corrected chi connectivity index (χ2v) is 13.2. The Morgan fingerprint density at radius 2 is 1.47 bits per heavy atom. The monoisotopic (exact) mass is 662 g/mol. The molecule has 0 unspecified atom stereocenters. The molecule has 0 fully saturated rings. The number of amides is 1. The number of nitrogens with zero attached hydrogens (tertiary/aromatic N) is 1. The molecule has 2 N–H and O–H groups in total. The van der Waals surface area contributed by atoms with Crippen LogP contribution in [0.1, 0.15) is 69.2 Å². The Balaban J connectivity index is 1.47. The minimum atomic E-state index is -1.44. The minimum absolute atomic E-state index is 0.0227. The summed E-state index contributed by atoms with van der Waals surface area (Å²) in [5, 5.41) is 12.2. The lowest BCUT2D eigenvalue weighted by molar-refractivity contribution is -0.155. The summed E-state index contributed by atoms with van der Waals surface area (Å²) in [5.41, 5.74) is 2.64. The zero-order chi connectivity index (χ0) is 34.7. The third-order valence-electron chi connectivity index (χ3n) is 8.25. The van der Waals surface area contributed by atoms with Crippen molar-refractivity contribution in [3.8, 4) is 16.9 Å². The first-order valence-corrected chi connectivity index (χ1v) is 17.0. The van der Waals surface area contributed by atoms with Gasteiger partial charge >= 0.3 is 5.97 Å². The number of benzene rings is 4. The van der Waals surface area contributed by atoms with Gasteiger partial charge in [0.15, 0.2) is 11.6 Å². The SMILES string of the molecule is CC(C)(C)OC(=O)CC[C@@]1(C(=O)NCCCc2ccccc2)N=C(c2ccc(OCCCO)cc2)O[C@@H]1c1ccc(-c2ccccc2)cc1. The molecular formula is C41H46N2O6. The molecular weight excluding hydrogens is 616 g/mol. The van der Waals surface area contributed by atoms with Crippen molar-refractivity contribution in [3.05, 3.63) is 126 Å². The number of ether oxygens (including phenoxy) is 3. The predicted molar refractivity (Wildman–Crippen MR) is 191 cm³/mol. The highest BCUT2D eigenvalue weighted by Crippen LogP contribution is 2.44. The molecule has 0 saturated heterocycles. The number of carbonyl (C=O) groups is 2. The van der Waals surface area contributed by atoms with Gasteiger partial charge in [0.25, 0.3) is 5.91 Å². The summed E-state index contributed by atoms with van der Waals surface area (Å²) in [6, 6.07) is 35.5. The van der Waals surface area contributed by atoms with Crippen LogP contribution in [0.3, 0.4) is 0 Å². The number of nitrogens with one attached hydrogen (secondary N) is 1. The van der Waals surface area contributed by atoms with Crippen LogP contribution in [0.15, 0.2) is 114 Å². The molecule has 0 aliphatic carbocycles. The first kappa shape index (κ1) is 35.4. The number of carbonyl (C=O) groups excluding carboxylic acids is 2. The van der Waals surface area contributed by atoms with E-state index in [1.54, 1.807) is 0 Å². The Morgan fingerprint density at radius 3 is 2.12 bits per heavy atom. The van der Waals surface area contributed by atoms with Crippen LogP contribution in [0.5, 0.6) is 5.75 Å². The molecule has 5 rings (SSSR count). The Labute approximate surface area is 289 Å². The van der Waals surface area contributed by atoms with Crippen molar-refractivity contribution in [1.82, 2.24) is 5.32 Å². The maximum atomic E-state index is 14.4. The molecule has 8 nitrogen and oxygen atoms in total. The number of rotatable bonds is 15. The average molecular weight is 663 g/mol. The molecule has 8 heteroatoms. The third kappa shape index (κ3) is 9.57. The number of aliphatic hydroxyl groups is 1. The van der Waals surface area contributed by atoms with Crippen LogP contribution < -0.4 is 10.1 Å². The van der Waals surface area contributed by atoms with Gasteiger partial charge in [-0.3, -0.25) is 9.59 Å². The van der Waals surface area contributed by atoms with Gasteiger partial charge in [0.2, 0.25) is 5.90 Å². The van der Waals surface area contributed by atoms with Gasteiger partial charge in [-0.15, -0.1) is 0 Å². The molecule has 1 amide bonds. The van der Waals surface area contributed by atoms with Crippen molar-refractivity contribution in [2.75, 3.05) is 19.8 Å². The van der Waals surface area contributed by atoms with Crippen molar-refractivity contribution < 1.29 is 28.9 Å². The molecule has 4 aromatic rings. The maximum absolute atomic E-state index is 14.4. The van der Waals surface area contributed by atoms with E-state index in [1.165, 1.54) is 5.56 Å². The van der Waals surface area contributed by atoms with Gasteiger partial charge in [0, 0.05) is 31.6 Å². The molecule has 49 heavy (non-hydrogen) atoms. The number of aryl methyl sites for hydroxylation is 1. The van der Waals surface area contributed by atoms with Crippen molar-refractivity contribution in [1.29, 1.82) is 0 Å². The molecule has 1 heterocycles. The van der Waals surface area contributed by atoms with Gasteiger partial charge in [-0.25, -0.2) is 4.99 Å². The maximum Gasteiger partial charge on any atom is 0.306 e. The van der Waals surface area contributed by atoms with E-state index in [9.17, 15) is 9.59 Å². The highest BCUT2D eigenvalue weighted by molar-refractivity contribution is 6.01. The molecule has 2 atom stereocenters. The normalized spacial score (nSPS) is 17.1. The molecule has 0 spiro atoms. The Hall–Kier alpha value is -4.95. The van der Waals surface area contributed by atoms with Crippen molar-refractivity contribution in [2.45, 2.75) is 70.1 Å². The second-order valence-electron chi connectivity index (χ2n) is 13.2. The van der Waals surface area contributed by atoms with E-state index in [-0.39, 0.29) is 25.4 Å². The smallest absolute Gasteiger partial charge is 0.306 e. The van der Waals surface area contributed by atoms with Gasteiger partial charge in [-0.05, 0) is 86.6 Å². The van der Waals surface area contributed by atoms with E-state index in [0.29, 0.717) is 36.8 Å². The van der Waals surface area contributed by atoms with Crippen molar-refractivity contribution >= 4 is 17.8 Å². The van der Waals surface area contributed by atoms with E-state index >= 15 is 0 Å². The lowest BCUT2D eigenvalue weighted by Gasteiger charge is -2.31. The van der Waals surface area contributed by atoms with Gasteiger partial charge in [0.05, 0.1) is 6.61 Å². The van der Waals surface area contributed by atoms with Gasteiger partial charge < -0.3 is 24.6 Å². The van der Waals surface area contributed by atoms with Crippen LogP contribution in [0.25, 0.3) is 11.1 Å². The highest BCUT2D eigenvalue weighted by Gasteiger charge is 2.53. The topological polar surface area (TPSA) is 106 Å². The zero-order valence-corrected chi connectivity index (χ0v) is 28.6. The van der Waals surface area contributed by atoms with E-state index < -0.39 is 23.2 Å². The minimum Gasteiger partial charge on any atom is -0.494 e. The van der Waals surface area contributed by atoms with Crippen LogP contribution in [0.2, 0.25) is 0 Å². The van der Waals surface area contributed by atoms with Crippen LogP contribution in [0, 0.1) is 0 Å². The largest absolute Gasteiger partial charge is 0.494 e. The van der Waals surface area contributed by atoms with Crippen LogP contribution >= 0.6 is 0 Å². The molecule has 0 radical (unpaired) electrons. The fraction of sp³-hybridized carbons (Fsp3) is 0.341. The standard InChI is InChI=1S/C41H46N2O6/c1-40(2,3)49-36(45)25-26-41(39(46)42-27-10-14-30-12-6-4-7-13-30)37(33-19-17-32(18-20-33)31-15-8-5-9-16-31)48-38(43-41)34-21-23-35(24-22-34)47-29-11-28-44/h4-9,12-13,15-24,37,44H,10-11,14,25-29H2,1-3H3,(H,42,46)/t37-,41-/m1/s1. The Kier molecular flexibility index (Phi) is 11.9. The van der Waals surface area contributed by atoms with Crippen molar-refractivity contribution in [2.24, 2.45) is 4.99 Å². The summed E-state index contributed by atoms with van der Waals surface area (Å²) in [4.78, 5) is 32.5. The lowest BCUT2D eigenvalue weighted by atomic mass is 9.83. The highest BCUT2D eigenvalue weighted by atomic mass is 16.6. The quantitative estimate of drug-likeness (QED) is 0.103. The third-order valence-corrected chi connectivity index (χ3v) is 8.25. The fourth-order valence-corrected chi connectivity index (χ4v) is 5.83. The van der Waals surface area contributed by atoms with Gasteiger partial charge in [-0.2, -0.15) is 0 Å². The fourth-order valence-electron chi connectivity index (χ4n) is 5.83. The summed E-state index contributed by atoms with van der Waals surface area (Å²) in [5.74, 6) is 0.244. The van der Waals surface area contributed by atoms with Gasteiger partial charge in [0.1, 0.15) is 11.4 Å². The average Bonchev–Trinajstić information content (AvgIpc) is 3.51. The summed E-state index contributed by atoms with van der Waals surface area (Å²) in [6.07, 6.45) is 1.35. The summed E-state index contributed by atoms with van der Waals surface area (Å²) >= 11 is 0. The summed E-state index contributed by atoms with van der Waals surface area (Å²) in [6.45, 7) is 6.35.